The van der Waals surface area contributed by atoms with Crippen LogP contribution >= 0.6 is 0 Å². The maximum atomic E-state index is 11.3. The van der Waals surface area contributed by atoms with Crippen molar-refractivity contribution in [2.75, 3.05) is 12.4 Å². The van der Waals surface area contributed by atoms with Gasteiger partial charge in [0.1, 0.15) is 0 Å². The molecule has 0 heterocycles. The second-order valence-electron chi connectivity index (χ2n) is 3.85. The Kier molecular flexibility index (Phi) is 9.10. The molecule has 0 saturated carbocycles. The molecular weight excluding hydrogens is 212 g/mol. The van der Waals surface area contributed by atoms with Crippen LogP contribution in [0.5, 0.6) is 0 Å². The van der Waals surface area contributed by atoms with Crippen molar-refractivity contribution in [2.45, 2.75) is 58.8 Å². The fourth-order valence-corrected chi connectivity index (χ4v) is 2.35. The van der Waals surface area contributed by atoms with Crippen LogP contribution in [0.2, 0.25) is 0 Å². The normalized spacial score (nSPS) is 11.9. The molecule has 0 aromatic rings. The summed E-state index contributed by atoms with van der Waals surface area (Å²) >= 11 is 0. The second kappa shape index (κ2) is 9.16. The summed E-state index contributed by atoms with van der Waals surface area (Å²) in [4.78, 5) is 0. The molecule has 0 bridgehead atoms. The van der Waals surface area contributed by atoms with E-state index in [0.717, 1.165) is 44.9 Å². The largest absolute Gasteiger partial charge is 0.270 e. The molecular formula is C11H24O3S. The topological polar surface area (TPSA) is 43.4 Å². The van der Waals surface area contributed by atoms with Gasteiger partial charge in [0.25, 0.3) is 10.1 Å². The molecule has 15 heavy (non-hydrogen) atoms. The Hall–Kier alpha value is -0.0900. The number of unbranched alkanes of at least 4 members (excludes halogenated alkanes) is 5. The van der Waals surface area contributed by atoms with Crippen molar-refractivity contribution in [3.8, 4) is 0 Å². The molecule has 0 rings (SSSR count). The third-order valence-corrected chi connectivity index (χ3v) is 3.57. The van der Waals surface area contributed by atoms with Crippen molar-refractivity contribution >= 4 is 10.1 Å². The van der Waals surface area contributed by atoms with Gasteiger partial charge in [-0.15, -0.1) is 0 Å². The highest BCUT2D eigenvalue weighted by Gasteiger charge is 2.09. The minimum Gasteiger partial charge on any atom is -0.270 e. The maximum Gasteiger partial charge on any atom is 0.267 e. The van der Waals surface area contributed by atoms with Crippen LogP contribution in [0.3, 0.4) is 0 Å². The number of hydrogen-bond acceptors (Lipinski definition) is 3. The van der Waals surface area contributed by atoms with E-state index in [1.54, 1.807) is 0 Å². The van der Waals surface area contributed by atoms with E-state index in [4.69, 9.17) is 4.18 Å². The Balaban J connectivity index is 3.50. The van der Waals surface area contributed by atoms with E-state index in [1.165, 1.54) is 0 Å². The van der Waals surface area contributed by atoms with E-state index in [2.05, 4.69) is 13.8 Å². The summed E-state index contributed by atoms with van der Waals surface area (Å²) in [5, 5.41) is 0. The van der Waals surface area contributed by atoms with Crippen molar-refractivity contribution in [1.82, 2.24) is 0 Å². The van der Waals surface area contributed by atoms with Gasteiger partial charge in [-0.05, 0) is 12.8 Å². The molecule has 0 spiro atoms. The maximum absolute atomic E-state index is 11.3. The first kappa shape index (κ1) is 14.9. The zero-order valence-corrected chi connectivity index (χ0v) is 10.8. The average Bonchev–Trinajstić information content (AvgIpc) is 2.20. The van der Waals surface area contributed by atoms with Crippen molar-refractivity contribution in [3.63, 3.8) is 0 Å². The molecule has 0 N–H and O–H groups in total. The lowest BCUT2D eigenvalue weighted by molar-refractivity contribution is 0.307. The Morgan fingerprint density at radius 2 is 1.47 bits per heavy atom. The van der Waals surface area contributed by atoms with Crippen LogP contribution in [0, 0.1) is 0 Å². The average molecular weight is 236 g/mol. The Labute approximate surface area is 94.3 Å². The Morgan fingerprint density at radius 1 is 0.867 bits per heavy atom. The lowest BCUT2D eigenvalue weighted by atomic mass is 10.2. The summed E-state index contributed by atoms with van der Waals surface area (Å²) in [6, 6.07) is 0. The highest BCUT2D eigenvalue weighted by atomic mass is 32.2. The second-order valence-corrected chi connectivity index (χ2v) is 5.61. The fourth-order valence-electron chi connectivity index (χ4n) is 1.30. The molecule has 3 nitrogen and oxygen atoms in total. The van der Waals surface area contributed by atoms with E-state index in [0.29, 0.717) is 6.61 Å². The minimum atomic E-state index is -3.24. The molecule has 0 aromatic heterocycles. The summed E-state index contributed by atoms with van der Waals surface area (Å²) < 4.78 is 27.6. The molecule has 92 valence electrons. The summed E-state index contributed by atoms with van der Waals surface area (Å²) in [5.74, 6) is 0.180. The van der Waals surface area contributed by atoms with Crippen molar-refractivity contribution in [2.24, 2.45) is 0 Å². The third-order valence-electron chi connectivity index (χ3n) is 2.26. The van der Waals surface area contributed by atoms with Gasteiger partial charge >= 0.3 is 0 Å². The molecule has 0 fully saturated rings. The third kappa shape index (κ3) is 10.2. The molecule has 0 aromatic carbocycles. The lowest BCUT2D eigenvalue weighted by Gasteiger charge is -2.04. The monoisotopic (exact) mass is 236 g/mol. The van der Waals surface area contributed by atoms with Gasteiger partial charge in [0.15, 0.2) is 0 Å². The molecule has 0 aliphatic carbocycles. The molecule has 0 aliphatic rings. The first-order chi connectivity index (χ1) is 7.12. The molecule has 0 aliphatic heterocycles. The highest BCUT2D eigenvalue weighted by Crippen LogP contribution is 2.05. The molecule has 4 heteroatoms. The molecule has 0 unspecified atom stereocenters. The summed E-state index contributed by atoms with van der Waals surface area (Å²) in [6.07, 6.45) is 6.89. The predicted octanol–water partition coefficient (Wildman–Crippen LogP) is 3.10. The van der Waals surface area contributed by atoms with Crippen LogP contribution in [0.4, 0.5) is 0 Å². The minimum absolute atomic E-state index is 0.180. The fraction of sp³-hybridized carbons (Fsp3) is 1.00. The molecule has 0 amide bonds. The van der Waals surface area contributed by atoms with E-state index in [1.807, 2.05) is 0 Å². The van der Waals surface area contributed by atoms with Gasteiger partial charge in [0.05, 0.1) is 12.4 Å². The molecule has 0 saturated heterocycles. The van der Waals surface area contributed by atoms with E-state index in [9.17, 15) is 8.42 Å². The molecule has 0 atom stereocenters. The first-order valence-corrected chi connectivity index (χ1v) is 7.57. The molecule has 0 radical (unpaired) electrons. The van der Waals surface area contributed by atoms with Gasteiger partial charge in [-0.25, -0.2) is 0 Å². The van der Waals surface area contributed by atoms with Crippen LogP contribution in [-0.2, 0) is 14.3 Å². The number of rotatable bonds is 10. The first-order valence-electron chi connectivity index (χ1n) is 5.99. The zero-order valence-electron chi connectivity index (χ0n) is 10.00. The summed E-state index contributed by atoms with van der Waals surface area (Å²) in [7, 11) is -3.24. The van der Waals surface area contributed by atoms with E-state index in [-0.39, 0.29) is 5.75 Å². The highest BCUT2D eigenvalue weighted by molar-refractivity contribution is 7.86. The van der Waals surface area contributed by atoms with Crippen LogP contribution < -0.4 is 0 Å². The summed E-state index contributed by atoms with van der Waals surface area (Å²) in [6.45, 7) is 4.54. The van der Waals surface area contributed by atoms with Gasteiger partial charge in [0.2, 0.25) is 0 Å². The Bertz CT molecular complexity index is 204. The van der Waals surface area contributed by atoms with E-state index < -0.39 is 10.1 Å². The van der Waals surface area contributed by atoms with Crippen molar-refractivity contribution < 1.29 is 12.6 Å². The van der Waals surface area contributed by atoms with Crippen LogP contribution in [0.15, 0.2) is 0 Å². The smallest absolute Gasteiger partial charge is 0.267 e. The van der Waals surface area contributed by atoms with Gasteiger partial charge in [-0.1, -0.05) is 46.0 Å². The van der Waals surface area contributed by atoms with Crippen LogP contribution in [0.1, 0.15) is 58.8 Å². The van der Waals surface area contributed by atoms with E-state index >= 15 is 0 Å². The predicted molar refractivity (Wildman–Crippen MR) is 63.4 cm³/mol. The van der Waals surface area contributed by atoms with Crippen molar-refractivity contribution in [1.29, 1.82) is 0 Å². The van der Waals surface area contributed by atoms with Gasteiger partial charge < -0.3 is 0 Å². The van der Waals surface area contributed by atoms with Gasteiger partial charge in [-0.3, -0.25) is 4.18 Å². The quantitative estimate of drug-likeness (QED) is 0.432. The van der Waals surface area contributed by atoms with Crippen LogP contribution in [0.25, 0.3) is 0 Å². The SMILES string of the molecule is CCCCCCS(=O)(=O)OCCCCC. The Morgan fingerprint density at radius 3 is 2.07 bits per heavy atom. The standard InChI is InChI=1S/C11H24O3S/c1-3-5-7-9-11-15(12,13)14-10-8-6-4-2/h3-11H2,1-2H3. The lowest BCUT2D eigenvalue weighted by Crippen LogP contribution is -2.11. The van der Waals surface area contributed by atoms with Crippen LogP contribution in [-0.4, -0.2) is 20.8 Å². The van der Waals surface area contributed by atoms with Crippen molar-refractivity contribution in [3.05, 3.63) is 0 Å². The number of hydrogen-bond donors (Lipinski definition) is 0. The van der Waals surface area contributed by atoms with Gasteiger partial charge in [-0.2, -0.15) is 8.42 Å². The van der Waals surface area contributed by atoms with Gasteiger partial charge in [0, 0.05) is 0 Å². The summed E-state index contributed by atoms with van der Waals surface area (Å²) in [5.41, 5.74) is 0. The zero-order chi connectivity index (χ0) is 11.6.